The monoisotopic (exact) mass is 301 g/mol. The van der Waals surface area contributed by atoms with Crippen LogP contribution in [-0.2, 0) is 15.3 Å². The number of halogens is 1. The van der Waals surface area contributed by atoms with E-state index in [0.29, 0.717) is 18.8 Å². The van der Waals surface area contributed by atoms with Gasteiger partial charge in [0.05, 0.1) is 23.0 Å². The molecule has 2 rings (SSSR count). The third-order valence-electron chi connectivity index (χ3n) is 2.70. The van der Waals surface area contributed by atoms with Crippen LogP contribution in [0.4, 0.5) is 5.69 Å². The minimum absolute atomic E-state index is 0.0362. The van der Waals surface area contributed by atoms with Crippen LogP contribution in [0.2, 0.25) is 0 Å². The number of nitrogens with zero attached hydrogens (tertiary/aromatic N) is 1. The highest BCUT2D eigenvalue weighted by molar-refractivity contribution is 9.09. The smallest absolute Gasteiger partial charge is 0.269 e. The largest absolute Gasteiger partial charge is 0.343 e. The fraction of sp³-hybridized carbons (Fsp3) is 0.455. The standard InChI is InChI=1S/C11H12BrNO4/c1-8(12)11(16-5-6-17-11)9-3-2-4-10(7-9)13(14)15/h2-4,7-8H,5-6H2,1H3. The molecule has 1 saturated heterocycles. The van der Waals surface area contributed by atoms with Gasteiger partial charge in [0.1, 0.15) is 0 Å². The Hall–Kier alpha value is -0.980. The molecule has 0 aliphatic carbocycles. The van der Waals surface area contributed by atoms with E-state index in [-0.39, 0.29) is 10.5 Å². The second kappa shape index (κ2) is 4.72. The molecule has 1 aliphatic rings. The minimum atomic E-state index is -0.925. The van der Waals surface area contributed by atoms with E-state index in [9.17, 15) is 10.1 Å². The van der Waals surface area contributed by atoms with Crippen LogP contribution in [0.15, 0.2) is 24.3 Å². The highest BCUT2D eigenvalue weighted by Gasteiger charge is 2.43. The van der Waals surface area contributed by atoms with Crippen LogP contribution in [-0.4, -0.2) is 23.0 Å². The number of ether oxygens (including phenoxy) is 2. The lowest BCUT2D eigenvalue weighted by atomic mass is 10.0. The molecule has 92 valence electrons. The number of alkyl halides is 1. The summed E-state index contributed by atoms with van der Waals surface area (Å²) in [5.41, 5.74) is 0.697. The number of nitro groups is 1. The zero-order valence-corrected chi connectivity index (χ0v) is 10.8. The van der Waals surface area contributed by atoms with E-state index in [1.807, 2.05) is 6.92 Å². The van der Waals surface area contributed by atoms with Crippen molar-refractivity contribution in [2.75, 3.05) is 13.2 Å². The molecule has 1 aliphatic heterocycles. The molecule has 1 aromatic rings. The quantitative estimate of drug-likeness (QED) is 0.489. The lowest BCUT2D eigenvalue weighted by Crippen LogP contribution is -2.35. The molecule has 1 atom stereocenters. The maximum Gasteiger partial charge on any atom is 0.269 e. The van der Waals surface area contributed by atoms with E-state index in [4.69, 9.17) is 9.47 Å². The van der Waals surface area contributed by atoms with Crippen molar-refractivity contribution in [1.29, 1.82) is 0 Å². The first-order valence-electron chi connectivity index (χ1n) is 5.23. The first kappa shape index (κ1) is 12.5. The van der Waals surface area contributed by atoms with Crippen LogP contribution >= 0.6 is 15.9 Å². The Balaban J connectivity index is 2.43. The number of hydrogen-bond donors (Lipinski definition) is 0. The molecular weight excluding hydrogens is 290 g/mol. The highest BCUT2D eigenvalue weighted by atomic mass is 79.9. The first-order valence-corrected chi connectivity index (χ1v) is 6.15. The van der Waals surface area contributed by atoms with Gasteiger partial charge in [-0.25, -0.2) is 0 Å². The average molecular weight is 302 g/mol. The van der Waals surface area contributed by atoms with Crippen LogP contribution in [0.5, 0.6) is 0 Å². The number of hydrogen-bond acceptors (Lipinski definition) is 4. The van der Waals surface area contributed by atoms with Gasteiger partial charge in [-0.05, 0) is 6.92 Å². The summed E-state index contributed by atoms with van der Waals surface area (Å²) < 4.78 is 11.3. The number of non-ortho nitro benzene ring substituents is 1. The van der Waals surface area contributed by atoms with Gasteiger partial charge in [0.25, 0.3) is 5.69 Å². The zero-order valence-electron chi connectivity index (χ0n) is 9.26. The molecule has 0 aromatic heterocycles. The maximum atomic E-state index is 10.8. The molecular formula is C11H12BrNO4. The molecule has 0 spiro atoms. The molecule has 6 heteroatoms. The van der Waals surface area contributed by atoms with Gasteiger partial charge < -0.3 is 9.47 Å². The molecule has 5 nitrogen and oxygen atoms in total. The van der Waals surface area contributed by atoms with Gasteiger partial charge in [-0.3, -0.25) is 10.1 Å². The highest BCUT2D eigenvalue weighted by Crippen LogP contribution is 2.39. The molecule has 0 N–H and O–H groups in total. The molecule has 1 heterocycles. The van der Waals surface area contributed by atoms with Gasteiger partial charge in [-0.1, -0.05) is 28.1 Å². The van der Waals surface area contributed by atoms with Gasteiger partial charge in [0, 0.05) is 17.7 Å². The molecule has 0 amide bonds. The summed E-state index contributed by atoms with van der Waals surface area (Å²) in [5.74, 6) is -0.925. The van der Waals surface area contributed by atoms with Gasteiger partial charge in [-0.2, -0.15) is 0 Å². The van der Waals surface area contributed by atoms with Gasteiger partial charge >= 0.3 is 0 Å². The van der Waals surface area contributed by atoms with Crippen molar-refractivity contribution < 1.29 is 14.4 Å². The van der Waals surface area contributed by atoms with Crippen molar-refractivity contribution >= 4 is 21.6 Å². The topological polar surface area (TPSA) is 61.6 Å². The second-order valence-electron chi connectivity index (χ2n) is 3.79. The summed E-state index contributed by atoms with van der Waals surface area (Å²) >= 11 is 3.44. The number of nitro benzene ring substituents is 1. The Labute approximate surface area is 107 Å². The Kier molecular flexibility index (Phi) is 3.46. The van der Waals surface area contributed by atoms with Gasteiger partial charge in [-0.15, -0.1) is 0 Å². The maximum absolute atomic E-state index is 10.8. The number of benzene rings is 1. The molecule has 0 bridgehead atoms. The van der Waals surface area contributed by atoms with Crippen molar-refractivity contribution in [3.05, 3.63) is 39.9 Å². The van der Waals surface area contributed by atoms with Crippen LogP contribution < -0.4 is 0 Å². The number of rotatable bonds is 3. The molecule has 1 unspecified atom stereocenters. The van der Waals surface area contributed by atoms with Crippen LogP contribution in [0.25, 0.3) is 0 Å². The fourth-order valence-electron chi connectivity index (χ4n) is 1.89. The Bertz CT molecular complexity index is 429. The SMILES string of the molecule is CC(Br)C1(c2cccc([N+](=O)[O-])c2)OCCO1. The lowest BCUT2D eigenvalue weighted by Gasteiger charge is -2.30. The Morgan fingerprint density at radius 2 is 2.12 bits per heavy atom. The molecule has 17 heavy (non-hydrogen) atoms. The Morgan fingerprint density at radius 1 is 1.47 bits per heavy atom. The molecule has 1 fully saturated rings. The predicted octanol–water partition coefficient (Wildman–Crippen LogP) is 2.58. The van der Waals surface area contributed by atoms with E-state index in [1.54, 1.807) is 12.1 Å². The summed E-state index contributed by atoms with van der Waals surface area (Å²) in [6, 6.07) is 6.35. The van der Waals surface area contributed by atoms with Crippen LogP contribution in [0, 0.1) is 10.1 Å². The first-order chi connectivity index (χ1) is 8.06. The van der Waals surface area contributed by atoms with Gasteiger partial charge in [0.15, 0.2) is 0 Å². The predicted molar refractivity (Wildman–Crippen MR) is 65.1 cm³/mol. The normalized spacial score (nSPS) is 20.1. The van der Waals surface area contributed by atoms with E-state index in [2.05, 4.69) is 15.9 Å². The molecule has 0 radical (unpaired) electrons. The summed E-state index contributed by atoms with van der Waals surface area (Å²) in [5, 5.41) is 10.8. The lowest BCUT2D eigenvalue weighted by molar-refractivity contribution is -0.385. The summed E-state index contributed by atoms with van der Waals surface area (Å²) in [7, 11) is 0. The van der Waals surface area contributed by atoms with Crippen molar-refractivity contribution in [1.82, 2.24) is 0 Å². The van der Waals surface area contributed by atoms with E-state index in [1.165, 1.54) is 12.1 Å². The van der Waals surface area contributed by atoms with Crippen molar-refractivity contribution in [2.45, 2.75) is 17.5 Å². The third-order valence-corrected chi connectivity index (χ3v) is 3.30. The summed E-state index contributed by atoms with van der Waals surface area (Å²) in [6.07, 6.45) is 0. The third kappa shape index (κ3) is 2.20. The second-order valence-corrected chi connectivity index (χ2v) is 5.16. The Morgan fingerprint density at radius 3 is 2.65 bits per heavy atom. The molecule has 0 saturated carbocycles. The van der Waals surface area contributed by atoms with Crippen molar-refractivity contribution in [3.8, 4) is 0 Å². The molecule has 1 aromatic carbocycles. The summed E-state index contributed by atoms with van der Waals surface area (Å²) in [4.78, 5) is 10.2. The van der Waals surface area contributed by atoms with E-state index in [0.717, 1.165) is 0 Å². The van der Waals surface area contributed by atoms with Crippen molar-refractivity contribution in [2.24, 2.45) is 0 Å². The minimum Gasteiger partial charge on any atom is -0.343 e. The van der Waals surface area contributed by atoms with E-state index >= 15 is 0 Å². The van der Waals surface area contributed by atoms with Crippen molar-refractivity contribution in [3.63, 3.8) is 0 Å². The van der Waals surface area contributed by atoms with E-state index < -0.39 is 10.7 Å². The zero-order chi connectivity index (χ0) is 12.5. The summed E-state index contributed by atoms with van der Waals surface area (Å²) in [6.45, 7) is 2.86. The fourth-order valence-corrected chi connectivity index (χ4v) is 2.42. The average Bonchev–Trinajstić information content (AvgIpc) is 2.79. The van der Waals surface area contributed by atoms with Crippen LogP contribution in [0.1, 0.15) is 12.5 Å². The van der Waals surface area contributed by atoms with Gasteiger partial charge in [0.2, 0.25) is 5.79 Å². The van der Waals surface area contributed by atoms with Crippen LogP contribution in [0.3, 0.4) is 0 Å².